The number of likely N-dealkylation sites (tertiary alicyclic amines) is 1. The molecule has 1 heterocycles. The molecule has 2 unspecified atom stereocenters. The minimum atomic E-state index is -0.331. The van der Waals surface area contributed by atoms with Gasteiger partial charge in [-0.2, -0.15) is 0 Å². The van der Waals surface area contributed by atoms with Gasteiger partial charge in [0, 0.05) is 19.0 Å². The summed E-state index contributed by atoms with van der Waals surface area (Å²) in [5, 5.41) is 9.54. The average Bonchev–Trinajstić information content (AvgIpc) is 2.84. The fourth-order valence-corrected chi connectivity index (χ4v) is 3.31. The molecule has 1 aliphatic heterocycles. The van der Waals surface area contributed by atoms with Crippen molar-refractivity contribution in [3.05, 3.63) is 34.9 Å². The number of aryl methyl sites for hydroxylation is 3. The Morgan fingerprint density at radius 3 is 2.86 bits per heavy atom. The van der Waals surface area contributed by atoms with Crippen LogP contribution in [0, 0.1) is 13.8 Å². The summed E-state index contributed by atoms with van der Waals surface area (Å²) in [5.41, 5.74) is 3.80. The SMILES string of the molecule is Cc1ccc(CCC(=O)N2CCCC2CC(C)O)c(C)c1. The van der Waals surface area contributed by atoms with Crippen molar-refractivity contribution < 1.29 is 9.90 Å². The third-order valence-electron chi connectivity index (χ3n) is 4.42. The molecule has 1 aromatic rings. The molecule has 2 atom stereocenters. The highest BCUT2D eigenvalue weighted by atomic mass is 16.3. The number of carbonyl (C=O) groups is 1. The summed E-state index contributed by atoms with van der Waals surface area (Å²) < 4.78 is 0. The molecular formula is C18H27NO2. The van der Waals surface area contributed by atoms with Crippen molar-refractivity contribution in [1.29, 1.82) is 0 Å². The lowest BCUT2D eigenvalue weighted by Gasteiger charge is -2.26. The van der Waals surface area contributed by atoms with E-state index >= 15 is 0 Å². The monoisotopic (exact) mass is 289 g/mol. The van der Waals surface area contributed by atoms with Crippen LogP contribution in [0.2, 0.25) is 0 Å². The standard InChI is InChI=1S/C18H27NO2/c1-13-6-7-16(14(2)11-13)8-9-18(21)19-10-4-5-17(19)12-15(3)20/h6-7,11,15,17,20H,4-5,8-10,12H2,1-3H3. The number of nitrogens with zero attached hydrogens (tertiary/aromatic N) is 1. The van der Waals surface area contributed by atoms with Crippen molar-refractivity contribution in [2.45, 2.75) is 65.0 Å². The third-order valence-corrected chi connectivity index (χ3v) is 4.42. The summed E-state index contributed by atoms with van der Waals surface area (Å²) in [7, 11) is 0. The van der Waals surface area contributed by atoms with Gasteiger partial charge in [0.2, 0.25) is 5.91 Å². The van der Waals surface area contributed by atoms with Gasteiger partial charge < -0.3 is 10.0 Å². The van der Waals surface area contributed by atoms with Crippen LogP contribution < -0.4 is 0 Å². The van der Waals surface area contributed by atoms with E-state index < -0.39 is 0 Å². The number of benzene rings is 1. The molecule has 0 aliphatic carbocycles. The second kappa shape index (κ2) is 7.08. The highest BCUT2D eigenvalue weighted by Crippen LogP contribution is 2.23. The second-order valence-corrected chi connectivity index (χ2v) is 6.40. The van der Waals surface area contributed by atoms with Gasteiger partial charge in [0.1, 0.15) is 0 Å². The number of aliphatic hydroxyl groups excluding tert-OH is 1. The molecule has 3 nitrogen and oxygen atoms in total. The molecule has 0 saturated carbocycles. The molecule has 0 aromatic heterocycles. The summed E-state index contributed by atoms with van der Waals surface area (Å²) in [5.74, 6) is 0.234. The number of hydrogen-bond donors (Lipinski definition) is 1. The van der Waals surface area contributed by atoms with E-state index in [0.29, 0.717) is 12.8 Å². The summed E-state index contributed by atoms with van der Waals surface area (Å²) in [6, 6.07) is 6.65. The van der Waals surface area contributed by atoms with Crippen LogP contribution in [0.5, 0.6) is 0 Å². The first-order valence-corrected chi connectivity index (χ1v) is 8.01. The number of amides is 1. The van der Waals surface area contributed by atoms with Gasteiger partial charge >= 0.3 is 0 Å². The predicted molar refractivity (Wildman–Crippen MR) is 85.3 cm³/mol. The fourth-order valence-electron chi connectivity index (χ4n) is 3.31. The summed E-state index contributed by atoms with van der Waals surface area (Å²) in [6.07, 6.45) is 3.84. The van der Waals surface area contributed by atoms with Crippen LogP contribution >= 0.6 is 0 Å². The van der Waals surface area contributed by atoms with Crippen molar-refractivity contribution in [1.82, 2.24) is 4.90 Å². The predicted octanol–water partition coefficient (Wildman–Crippen LogP) is 3.00. The Morgan fingerprint density at radius 2 is 2.19 bits per heavy atom. The molecule has 0 spiro atoms. The van der Waals surface area contributed by atoms with Gasteiger partial charge in [-0.25, -0.2) is 0 Å². The maximum Gasteiger partial charge on any atom is 0.223 e. The number of carbonyl (C=O) groups excluding carboxylic acids is 1. The van der Waals surface area contributed by atoms with Crippen LogP contribution in [0.25, 0.3) is 0 Å². The van der Waals surface area contributed by atoms with Crippen molar-refractivity contribution in [3.63, 3.8) is 0 Å². The summed E-state index contributed by atoms with van der Waals surface area (Å²) in [4.78, 5) is 14.4. The minimum Gasteiger partial charge on any atom is -0.393 e. The average molecular weight is 289 g/mol. The van der Waals surface area contributed by atoms with E-state index in [2.05, 4.69) is 32.0 Å². The highest BCUT2D eigenvalue weighted by molar-refractivity contribution is 5.77. The molecule has 21 heavy (non-hydrogen) atoms. The van der Waals surface area contributed by atoms with E-state index in [0.717, 1.165) is 25.8 Å². The highest BCUT2D eigenvalue weighted by Gasteiger charge is 2.29. The van der Waals surface area contributed by atoms with Gasteiger partial charge in [0.05, 0.1) is 6.10 Å². The molecule has 1 aromatic carbocycles. The molecule has 3 heteroatoms. The smallest absolute Gasteiger partial charge is 0.223 e. The van der Waals surface area contributed by atoms with E-state index in [9.17, 15) is 9.90 Å². The number of rotatable bonds is 5. The van der Waals surface area contributed by atoms with E-state index in [1.165, 1.54) is 16.7 Å². The molecule has 1 fully saturated rings. The largest absolute Gasteiger partial charge is 0.393 e. The molecule has 1 amide bonds. The van der Waals surface area contributed by atoms with E-state index in [1.54, 1.807) is 6.92 Å². The Balaban J connectivity index is 1.92. The molecule has 1 aliphatic rings. The van der Waals surface area contributed by atoms with Gasteiger partial charge in [0.15, 0.2) is 0 Å². The van der Waals surface area contributed by atoms with E-state index in [1.807, 2.05) is 4.90 Å². The van der Waals surface area contributed by atoms with Crippen LogP contribution in [0.4, 0.5) is 0 Å². The van der Waals surface area contributed by atoms with Crippen molar-refractivity contribution in [2.24, 2.45) is 0 Å². The quantitative estimate of drug-likeness (QED) is 0.905. The molecule has 0 bridgehead atoms. The first-order chi connectivity index (χ1) is 9.97. The molecule has 2 rings (SSSR count). The summed E-state index contributed by atoms with van der Waals surface area (Å²) in [6.45, 7) is 6.85. The van der Waals surface area contributed by atoms with Crippen LogP contribution in [0.15, 0.2) is 18.2 Å². The lowest BCUT2D eigenvalue weighted by molar-refractivity contribution is -0.132. The Labute approximate surface area is 128 Å². The zero-order chi connectivity index (χ0) is 15.4. The van der Waals surface area contributed by atoms with Crippen LogP contribution in [0.3, 0.4) is 0 Å². The normalized spacial score (nSPS) is 19.8. The van der Waals surface area contributed by atoms with Crippen LogP contribution in [0.1, 0.15) is 49.3 Å². The Morgan fingerprint density at radius 1 is 1.43 bits per heavy atom. The fraction of sp³-hybridized carbons (Fsp3) is 0.611. The second-order valence-electron chi connectivity index (χ2n) is 6.40. The molecular weight excluding hydrogens is 262 g/mol. The zero-order valence-electron chi connectivity index (χ0n) is 13.4. The van der Waals surface area contributed by atoms with Crippen molar-refractivity contribution in [2.75, 3.05) is 6.54 Å². The number of aliphatic hydroxyl groups is 1. The Kier molecular flexibility index (Phi) is 5.40. The molecule has 0 radical (unpaired) electrons. The lowest BCUT2D eigenvalue weighted by Crippen LogP contribution is -2.37. The summed E-state index contributed by atoms with van der Waals surface area (Å²) >= 11 is 0. The molecule has 1 saturated heterocycles. The topological polar surface area (TPSA) is 40.5 Å². The molecule has 116 valence electrons. The number of hydrogen-bond acceptors (Lipinski definition) is 2. The van der Waals surface area contributed by atoms with Gasteiger partial charge in [-0.3, -0.25) is 4.79 Å². The Hall–Kier alpha value is -1.35. The minimum absolute atomic E-state index is 0.233. The zero-order valence-corrected chi connectivity index (χ0v) is 13.4. The first-order valence-electron chi connectivity index (χ1n) is 8.01. The first kappa shape index (κ1) is 16.0. The van der Waals surface area contributed by atoms with Crippen LogP contribution in [-0.4, -0.2) is 34.6 Å². The van der Waals surface area contributed by atoms with Gasteiger partial charge in [-0.1, -0.05) is 23.8 Å². The lowest BCUT2D eigenvalue weighted by atomic mass is 10.0. The van der Waals surface area contributed by atoms with E-state index in [-0.39, 0.29) is 18.1 Å². The van der Waals surface area contributed by atoms with Gasteiger partial charge in [-0.15, -0.1) is 0 Å². The van der Waals surface area contributed by atoms with Gasteiger partial charge in [0.25, 0.3) is 0 Å². The maximum atomic E-state index is 12.4. The maximum absolute atomic E-state index is 12.4. The van der Waals surface area contributed by atoms with Crippen molar-refractivity contribution >= 4 is 5.91 Å². The van der Waals surface area contributed by atoms with Crippen LogP contribution in [-0.2, 0) is 11.2 Å². The van der Waals surface area contributed by atoms with Gasteiger partial charge in [-0.05, 0) is 57.6 Å². The van der Waals surface area contributed by atoms with Crippen molar-refractivity contribution in [3.8, 4) is 0 Å². The molecule has 1 N–H and O–H groups in total. The third kappa shape index (κ3) is 4.31. The van der Waals surface area contributed by atoms with E-state index in [4.69, 9.17) is 0 Å². The Bertz CT molecular complexity index is 496.